The van der Waals surface area contributed by atoms with Crippen LogP contribution in [0.15, 0.2) is 29.3 Å². The second kappa shape index (κ2) is 10.1. The number of hydrogen-bond donors (Lipinski definition) is 3. The van der Waals surface area contributed by atoms with E-state index < -0.39 is 0 Å². The molecule has 1 aliphatic carbocycles. The average Bonchev–Trinajstić information content (AvgIpc) is 3.11. The molecule has 5 heteroatoms. The van der Waals surface area contributed by atoms with Crippen molar-refractivity contribution < 1.29 is 4.79 Å². The van der Waals surface area contributed by atoms with Crippen LogP contribution >= 0.6 is 0 Å². The Hall–Kier alpha value is -2.04. The van der Waals surface area contributed by atoms with Gasteiger partial charge in [-0.25, -0.2) is 0 Å². The minimum atomic E-state index is 0.134. The molecule has 1 amide bonds. The summed E-state index contributed by atoms with van der Waals surface area (Å²) in [4.78, 5) is 16.1. The number of carbonyl (C=O) groups excluding carboxylic acids is 1. The highest BCUT2D eigenvalue weighted by atomic mass is 16.1. The normalized spacial score (nSPS) is 16.6. The molecule has 1 unspecified atom stereocenters. The molecular formula is C20H32N4O. The van der Waals surface area contributed by atoms with E-state index in [4.69, 9.17) is 5.73 Å². The molecule has 1 saturated carbocycles. The highest BCUT2D eigenvalue weighted by Crippen LogP contribution is 2.27. The standard InChI is InChI=1S/C20H32N4O/c1-3-15(2)17-8-10-18(11-9-17)24-20(21)23-13-12-22-19(25)14-16-6-4-5-7-16/h8-11,15-16H,3-7,12-14H2,1-2H3,(H,22,25)(H3,21,23,24). The van der Waals surface area contributed by atoms with Crippen molar-refractivity contribution in [1.29, 1.82) is 0 Å². The number of carbonyl (C=O) groups is 1. The molecule has 138 valence electrons. The monoisotopic (exact) mass is 344 g/mol. The summed E-state index contributed by atoms with van der Waals surface area (Å²) in [5.74, 6) is 1.65. The summed E-state index contributed by atoms with van der Waals surface area (Å²) < 4.78 is 0. The van der Waals surface area contributed by atoms with Crippen LogP contribution in [-0.4, -0.2) is 25.0 Å². The predicted octanol–water partition coefficient (Wildman–Crippen LogP) is 3.62. The Kier molecular flexibility index (Phi) is 7.76. The Morgan fingerprint density at radius 2 is 1.96 bits per heavy atom. The quantitative estimate of drug-likeness (QED) is 0.383. The van der Waals surface area contributed by atoms with Crippen molar-refractivity contribution in [2.45, 2.75) is 58.3 Å². The fraction of sp³-hybridized carbons (Fsp3) is 0.600. The Labute approximate surface area is 151 Å². The minimum absolute atomic E-state index is 0.134. The zero-order chi connectivity index (χ0) is 18.1. The lowest BCUT2D eigenvalue weighted by atomic mass is 9.99. The maximum atomic E-state index is 11.8. The van der Waals surface area contributed by atoms with Crippen molar-refractivity contribution in [2.75, 3.05) is 18.4 Å². The van der Waals surface area contributed by atoms with Crippen LogP contribution in [0.1, 0.15) is 63.9 Å². The first-order chi connectivity index (χ1) is 12.1. The van der Waals surface area contributed by atoms with Gasteiger partial charge in [-0.05, 0) is 48.8 Å². The number of nitrogens with two attached hydrogens (primary N) is 1. The third kappa shape index (κ3) is 6.77. The van der Waals surface area contributed by atoms with Gasteiger partial charge < -0.3 is 16.4 Å². The van der Waals surface area contributed by atoms with E-state index in [9.17, 15) is 4.79 Å². The highest BCUT2D eigenvalue weighted by Gasteiger charge is 2.17. The van der Waals surface area contributed by atoms with Crippen molar-refractivity contribution in [2.24, 2.45) is 16.6 Å². The molecule has 0 aromatic heterocycles. The molecule has 1 aromatic rings. The molecule has 0 bridgehead atoms. The first kappa shape index (κ1) is 19.3. The Morgan fingerprint density at radius 3 is 2.60 bits per heavy atom. The van der Waals surface area contributed by atoms with Crippen LogP contribution in [-0.2, 0) is 4.79 Å². The van der Waals surface area contributed by atoms with E-state index in [0.29, 0.717) is 37.3 Å². The van der Waals surface area contributed by atoms with E-state index in [1.807, 2.05) is 12.1 Å². The lowest BCUT2D eigenvalue weighted by Gasteiger charge is -2.11. The molecule has 0 saturated heterocycles. The third-order valence-corrected chi connectivity index (χ3v) is 5.03. The van der Waals surface area contributed by atoms with Gasteiger partial charge in [-0.2, -0.15) is 0 Å². The van der Waals surface area contributed by atoms with E-state index in [1.54, 1.807) is 0 Å². The van der Waals surface area contributed by atoms with Crippen molar-refractivity contribution in [1.82, 2.24) is 5.32 Å². The van der Waals surface area contributed by atoms with Gasteiger partial charge in [-0.15, -0.1) is 0 Å². The summed E-state index contributed by atoms with van der Waals surface area (Å²) in [5.41, 5.74) is 8.16. The van der Waals surface area contributed by atoms with Crippen molar-refractivity contribution in [3.63, 3.8) is 0 Å². The van der Waals surface area contributed by atoms with Crippen LogP contribution in [0.25, 0.3) is 0 Å². The zero-order valence-corrected chi connectivity index (χ0v) is 15.6. The fourth-order valence-electron chi connectivity index (χ4n) is 3.24. The first-order valence-electron chi connectivity index (χ1n) is 9.52. The summed E-state index contributed by atoms with van der Waals surface area (Å²) in [6.45, 7) is 5.42. The van der Waals surface area contributed by atoms with E-state index >= 15 is 0 Å². The summed E-state index contributed by atoms with van der Waals surface area (Å²) in [5, 5.41) is 6.01. The van der Waals surface area contributed by atoms with Gasteiger partial charge in [0, 0.05) is 18.7 Å². The molecule has 0 spiro atoms. The topological polar surface area (TPSA) is 79.5 Å². The molecule has 0 aliphatic heterocycles. The second-order valence-electron chi connectivity index (χ2n) is 7.03. The second-order valence-corrected chi connectivity index (χ2v) is 7.03. The molecule has 1 atom stereocenters. The number of amides is 1. The van der Waals surface area contributed by atoms with Crippen LogP contribution in [0.3, 0.4) is 0 Å². The lowest BCUT2D eigenvalue weighted by Crippen LogP contribution is -2.29. The first-order valence-corrected chi connectivity index (χ1v) is 9.52. The summed E-state index contributed by atoms with van der Waals surface area (Å²) >= 11 is 0. The van der Waals surface area contributed by atoms with Crippen molar-refractivity contribution >= 4 is 17.6 Å². The van der Waals surface area contributed by atoms with Crippen LogP contribution in [0.2, 0.25) is 0 Å². The van der Waals surface area contributed by atoms with Gasteiger partial charge in [0.2, 0.25) is 5.91 Å². The summed E-state index contributed by atoms with van der Waals surface area (Å²) in [6, 6.07) is 8.28. The number of guanidine groups is 1. The molecule has 25 heavy (non-hydrogen) atoms. The van der Waals surface area contributed by atoms with Gasteiger partial charge >= 0.3 is 0 Å². The smallest absolute Gasteiger partial charge is 0.220 e. The van der Waals surface area contributed by atoms with E-state index in [0.717, 1.165) is 12.1 Å². The molecule has 1 aromatic carbocycles. The fourth-order valence-corrected chi connectivity index (χ4v) is 3.24. The van der Waals surface area contributed by atoms with E-state index in [1.165, 1.54) is 31.2 Å². The van der Waals surface area contributed by atoms with Gasteiger partial charge in [0.15, 0.2) is 5.96 Å². The number of benzene rings is 1. The van der Waals surface area contributed by atoms with Gasteiger partial charge in [-0.1, -0.05) is 38.8 Å². The number of aliphatic imine (C=N–C) groups is 1. The van der Waals surface area contributed by atoms with Crippen LogP contribution < -0.4 is 16.4 Å². The van der Waals surface area contributed by atoms with E-state index in [2.05, 4.69) is 41.6 Å². The number of nitrogens with zero attached hydrogens (tertiary/aromatic N) is 1. The van der Waals surface area contributed by atoms with Crippen LogP contribution in [0.5, 0.6) is 0 Å². The average molecular weight is 345 g/mol. The molecule has 1 fully saturated rings. The third-order valence-electron chi connectivity index (χ3n) is 5.03. The summed E-state index contributed by atoms with van der Waals surface area (Å²) in [6.07, 6.45) is 6.70. The minimum Gasteiger partial charge on any atom is -0.370 e. The molecule has 1 aliphatic rings. The molecular weight excluding hydrogens is 312 g/mol. The summed E-state index contributed by atoms with van der Waals surface area (Å²) in [7, 11) is 0. The van der Waals surface area contributed by atoms with Crippen molar-refractivity contribution in [3.05, 3.63) is 29.8 Å². The van der Waals surface area contributed by atoms with Crippen molar-refractivity contribution in [3.8, 4) is 0 Å². The maximum absolute atomic E-state index is 11.8. The maximum Gasteiger partial charge on any atom is 0.220 e. The SMILES string of the molecule is CCC(C)c1ccc(NC(N)=NCCNC(=O)CC2CCCC2)cc1. The number of hydrogen-bond acceptors (Lipinski definition) is 2. The lowest BCUT2D eigenvalue weighted by molar-refractivity contribution is -0.121. The van der Waals surface area contributed by atoms with Gasteiger partial charge in [0.1, 0.15) is 0 Å². The van der Waals surface area contributed by atoms with Gasteiger partial charge in [0.25, 0.3) is 0 Å². The largest absolute Gasteiger partial charge is 0.370 e. The van der Waals surface area contributed by atoms with Crippen LogP contribution in [0, 0.1) is 5.92 Å². The molecule has 0 radical (unpaired) electrons. The predicted molar refractivity (Wildman–Crippen MR) is 105 cm³/mol. The Morgan fingerprint density at radius 1 is 1.28 bits per heavy atom. The molecule has 0 heterocycles. The zero-order valence-electron chi connectivity index (χ0n) is 15.6. The Balaban J connectivity index is 1.67. The number of nitrogens with one attached hydrogen (secondary N) is 2. The number of anilines is 1. The molecule has 4 N–H and O–H groups in total. The Bertz CT molecular complexity index is 562. The molecule has 2 rings (SSSR count). The van der Waals surface area contributed by atoms with Crippen LogP contribution in [0.4, 0.5) is 5.69 Å². The molecule has 5 nitrogen and oxygen atoms in total. The van der Waals surface area contributed by atoms with Gasteiger partial charge in [0.05, 0.1) is 6.54 Å². The number of rotatable bonds is 8. The van der Waals surface area contributed by atoms with E-state index in [-0.39, 0.29) is 5.91 Å². The highest BCUT2D eigenvalue weighted by molar-refractivity contribution is 5.92. The van der Waals surface area contributed by atoms with Gasteiger partial charge in [-0.3, -0.25) is 9.79 Å².